The zero-order valence-corrected chi connectivity index (χ0v) is 12.2. The molecule has 20 heavy (non-hydrogen) atoms. The summed E-state index contributed by atoms with van der Waals surface area (Å²) in [6.07, 6.45) is 3.75. The molecule has 0 radical (unpaired) electrons. The fourth-order valence-electron chi connectivity index (χ4n) is 2.07. The molecule has 0 aliphatic carbocycles. The van der Waals surface area contributed by atoms with Crippen LogP contribution in [0.3, 0.4) is 0 Å². The number of hydrogen-bond donors (Lipinski definition) is 2. The number of allylic oxidation sites excluding steroid dienone is 1. The molecule has 2 atom stereocenters. The highest BCUT2D eigenvalue weighted by Gasteiger charge is 2.30. The molecule has 2 N–H and O–H groups in total. The van der Waals surface area contributed by atoms with Gasteiger partial charge in [0.15, 0.2) is 0 Å². The van der Waals surface area contributed by atoms with Crippen LogP contribution in [0, 0.1) is 5.92 Å². The van der Waals surface area contributed by atoms with Crippen molar-refractivity contribution in [2.24, 2.45) is 5.92 Å². The van der Waals surface area contributed by atoms with E-state index in [1.807, 2.05) is 11.5 Å². The second-order valence-electron chi connectivity index (χ2n) is 4.39. The van der Waals surface area contributed by atoms with E-state index in [0.29, 0.717) is 10.5 Å². The number of carboxylic acid groups (broad SMARTS) is 2. The Hall–Kier alpha value is -1.53. The van der Waals surface area contributed by atoms with Crippen LogP contribution in [-0.4, -0.2) is 27.9 Å². The van der Waals surface area contributed by atoms with Gasteiger partial charge >= 0.3 is 11.9 Å². The molecule has 6 heteroatoms. The minimum absolute atomic E-state index is 0.0713. The van der Waals surface area contributed by atoms with Crippen molar-refractivity contribution in [3.63, 3.8) is 0 Å². The fraction of sp³-hybridized carbons (Fsp3) is 0.286. The van der Waals surface area contributed by atoms with Crippen molar-refractivity contribution in [3.8, 4) is 0 Å². The summed E-state index contributed by atoms with van der Waals surface area (Å²) in [5.74, 6) is -2.71. The summed E-state index contributed by atoms with van der Waals surface area (Å²) in [5, 5.41) is 22.3. The van der Waals surface area contributed by atoms with E-state index < -0.39 is 23.8 Å². The summed E-state index contributed by atoms with van der Waals surface area (Å²) in [6, 6.07) is 3.52. The number of rotatable bonds is 6. The molecule has 2 rings (SSSR count). The molecule has 1 aliphatic heterocycles. The number of thioether (sulfide) groups is 1. The molecule has 0 saturated carbocycles. The minimum atomic E-state index is -0.980. The Balaban J connectivity index is 2.22. The van der Waals surface area contributed by atoms with E-state index in [-0.39, 0.29) is 6.42 Å². The Morgan fingerprint density at radius 2 is 2.00 bits per heavy atom. The van der Waals surface area contributed by atoms with Gasteiger partial charge in [0.1, 0.15) is 0 Å². The van der Waals surface area contributed by atoms with Crippen molar-refractivity contribution in [3.05, 3.63) is 45.5 Å². The van der Waals surface area contributed by atoms with Crippen LogP contribution in [0.2, 0.25) is 0 Å². The summed E-state index contributed by atoms with van der Waals surface area (Å²) in [7, 11) is 0. The number of thiophene rings is 1. The van der Waals surface area contributed by atoms with Crippen molar-refractivity contribution < 1.29 is 19.8 Å². The average Bonchev–Trinajstić information content (AvgIpc) is 2.93. The number of hydrogen-bond acceptors (Lipinski definition) is 4. The van der Waals surface area contributed by atoms with Crippen LogP contribution in [0.5, 0.6) is 0 Å². The van der Waals surface area contributed by atoms with Crippen molar-refractivity contribution >= 4 is 35.0 Å². The Kier molecular flexibility index (Phi) is 5.03. The molecular weight excluding hydrogens is 296 g/mol. The van der Waals surface area contributed by atoms with E-state index in [4.69, 9.17) is 0 Å². The van der Waals surface area contributed by atoms with E-state index in [1.54, 1.807) is 23.6 Å². The standard InChI is InChI=1S/C14H14O4S2/c15-13(16)10(9-3-1-5-19-8-9)7-11(14(17)18)12-4-2-6-20-12/h1-4,6,8,10-11H,5,7H2,(H,15,16)(H,17,18). The summed E-state index contributed by atoms with van der Waals surface area (Å²) in [6.45, 7) is 0. The Morgan fingerprint density at radius 1 is 1.25 bits per heavy atom. The highest BCUT2D eigenvalue weighted by atomic mass is 32.2. The molecule has 1 aliphatic rings. The number of carbonyl (C=O) groups is 2. The largest absolute Gasteiger partial charge is 0.481 e. The van der Waals surface area contributed by atoms with Crippen LogP contribution in [0.15, 0.2) is 40.6 Å². The molecular formula is C14H14O4S2. The SMILES string of the molecule is O=C(O)C(CC(C(=O)O)c1cccs1)C1=CSCC=C1. The smallest absolute Gasteiger partial charge is 0.311 e. The van der Waals surface area contributed by atoms with E-state index in [0.717, 1.165) is 5.75 Å². The van der Waals surface area contributed by atoms with Gasteiger partial charge in [0.25, 0.3) is 0 Å². The van der Waals surface area contributed by atoms with Crippen LogP contribution < -0.4 is 0 Å². The van der Waals surface area contributed by atoms with E-state index in [1.165, 1.54) is 23.1 Å². The molecule has 0 amide bonds. The third-order valence-electron chi connectivity index (χ3n) is 3.08. The zero-order chi connectivity index (χ0) is 14.5. The highest BCUT2D eigenvalue weighted by Crippen LogP contribution is 2.33. The third-order valence-corrected chi connectivity index (χ3v) is 4.89. The van der Waals surface area contributed by atoms with Crippen molar-refractivity contribution in [2.45, 2.75) is 12.3 Å². The lowest BCUT2D eigenvalue weighted by atomic mass is 9.88. The Bertz CT molecular complexity index is 546. The monoisotopic (exact) mass is 310 g/mol. The van der Waals surface area contributed by atoms with Gasteiger partial charge in [-0.25, -0.2) is 0 Å². The number of aliphatic carboxylic acids is 2. The second kappa shape index (κ2) is 6.76. The second-order valence-corrected chi connectivity index (χ2v) is 6.27. The van der Waals surface area contributed by atoms with Gasteiger partial charge < -0.3 is 10.2 Å². The van der Waals surface area contributed by atoms with Gasteiger partial charge in [0, 0.05) is 10.6 Å². The van der Waals surface area contributed by atoms with Crippen molar-refractivity contribution in [2.75, 3.05) is 5.75 Å². The Morgan fingerprint density at radius 3 is 2.50 bits per heavy atom. The summed E-state index contributed by atoms with van der Waals surface area (Å²) >= 11 is 2.87. The maximum atomic E-state index is 11.5. The normalized spacial score (nSPS) is 17.3. The van der Waals surface area contributed by atoms with Crippen LogP contribution >= 0.6 is 23.1 Å². The average molecular weight is 310 g/mol. The van der Waals surface area contributed by atoms with Gasteiger partial charge in [0.2, 0.25) is 0 Å². The first-order chi connectivity index (χ1) is 9.59. The van der Waals surface area contributed by atoms with Gasteiger partial charge in [-0.1, -0.05) is 18.2 Å². The minimum Gasteiger partial charge on any atom is -0.481 e. The van der Waals surface area contributed by atoms with E-state index in [2.05, 4.69) is 0 Å². The quantitative estimate of drug-likeness (QED) is 0.844. The molecule has 1 aromatic rings. The summed E-state index contributed by atoms with van der Waals surface area (Å²) < 4.78 is 0. The molecule has 4 nitrogen and oxygen atoms in total. The number of carboxylic acids is 2. The lowest BCUT2D eigenvalue weighted by Crippen LogP contribution is -2.22. The molecule has 2 unspecified atom stereocenters. The molecule has 0 saturated heterocycles. The first-order valence-corrected chi connectivity index (χ1v) is 7.99. The first kappa shape index (κ1) is 14.9. The van der Waals surface area contributed by atoms with Crippen molar-refractivity contribution in [1.82, 2.24) is 0 Å². The maximum Gasteiger partial charge on any atom is 0.311 e. The molecule has 106 valence electrons. The van der Waals surface area contributed by atoms with Crippen LogP contribution in [0.1, 0.15) is 17.2 Å². The maximum absolute atomic E-state index is 11.5. The molecule has 0 bridgehead atoms. The Labute approximate surface area is 124 Å². The first-order valence-electron chi connectivity index (χ1n) is 6.07. The van der Waals surface area contributed by atoms with E-state index >= 15 is 0 Å². The van der Waals surface area contributed by atoms with Gasteiger partial charge in [-0.05, 0) is 28.8 Å². The van der Waals surface area contributed by atoms with Crippen LogP contribution in [-0.2, 0) is 9.59 Å². The topological polar surface area (TPSA) is 74.6 Å². The van der Waals surface area contributed by atoms with Crippen LogP contribution in [0.25, 0.3) is 0 Å². The van der Waals surface area contributed by atoms with Gasteiger partial charge in [0.05, 0.1) is 11.8 Å². The molecule has 0 aromatic carbocycles. The summed E-state index contributed by atoms with van der Waals surface area (Å²) in [5.41, 5.74) is 0.677. The molecule has 0 fully saturated rings. The molecule has 1 aromatic heterocycles. The summed E-state index contributed by atoms with van der Waals surface area (Å²) in [4.78, 5) is 23.6. The van der Waals surface area contributed by atoms with Crippen molar-refractivity contribution in [1.29, 1.82) is 0 Å². The van der Waals surface area contributed by atoms with Crippen LogP contribution in [0.4, 0.5) is 0 Å². The van der Waals surface area contributed by atoms with Gasteiger partial charge in [-0.15, -0.1) is 23.1 Å². The lowest BCUT2D eigenvalue weighted by molar-refractivity contribution is -0.142. The predicted octanol–water partition coefficient (Wildman–Crippen LogP) is 3.19. The lowest BCUT2D eigenvalue weighted by Gasteiger charge is -2.19. The predicted molar refractivity (Wildman–Crippen MR) is 80.1 cm³/mol. The molecule has 0 spiro atoms. The van der Waals surface area contributed by atoms with Gasteiger partial charge in [-0.2, -0.15) is 0 Å². The van der Waals surface area contributed by atoms with Gasteiger partial charge in [-0.3, -0.25) is 9.59 Å². The molecule has 2 heterocycles. The van der Waals surface area contributed by atoms with E-state index in [9.17, 15) is 19.8 Å². The zero-order valence-electron chi connectivity index (χ0n) is 10.6. The highest BCUT2D eigenvalue weighted by molar-refractivity contribution is 8.02. The third kappa shape index (κ3) is 3.52. The fourth-order valence-corrected chi connectivity index (χ4v) is 3.64.